The van der Waals surface area contributed by atoms with Gasteiger partial charge in [-0.05, 0) is 0 Å². The Kier molecular flexibility index (Phi) is 7.96. The zero-order valence-electron chi connectivity index (χ0n) is 8.61. The molecule has 0 amide bonds. The van der Waals surface area contributed by atoms with E-state index in [1.807, 2.05) is 0 Å². The molecule has 6 nitrogen and oxygen atoms in total. The van der Waals surface area contributed by atoms with Crippen LogP contribution in [0.5, 0.6) is 0 Å². The third-order valence-electron chi connectivity index (χ3n) is 1.51. The van der Waals surface area contributed by atoms with Gasteiger partial charge < -0.3 is 14.6 Å². The van der Waals surface area contributed by atoms with Crippen LogP contribution in [0, 0.1) is 0 Å². The highest BCUT2D eigenvalue weighted by molar-refractivity contribution is 6.32. The van der Waals surface area contributed by atoms with E-state index in [2.05, 4.69) is 9.47 Å². The number of carbonyl (C=O) groups excluding carboxylic acids is 2. The minimum atomic E-state index is -1.57. The number of ether oxygens (including phenoxy) is 2. The molecule has 0 rings (SSSR count). The molecule has 0 aliphatic heterocycles. The van der Waals surface area contributed by atoms with E-state index in [1.165, 1.54) is 0 Å². The average Bonchev–Trinajstić information content (AvgIpc) is 2.25. The molecule has 0 heterocycles. The van der Waals surface area contributed by atoms with Crippen LogP contribution in [0.1, 0.15) is 12.8 Å². The second-order valence-electron chi connectivity index (χ2n) is 2.75. The number of halogens is 1. The van der Waals surface area contributed by atoms with Gasteiger partial charge in [0.05, 0.1) is 19.6 Å². The van der Waals surface area contributed by atoms with Gasteiger partial charge in [0.2, 0.25) is 5.78 Å². The maximum atomic E-state index is 11.5. The first-order valence-electron chi connectivity index (χ1n) is 4.63. The van der Waals surface area contributed by atoms with E-state index in [4.69, 9.17) is 5.11 Å². The highest BCUT2D eigenvalue weighted by Gasteiger charge is 2.13. The summed E-state index contributed by atoms with van der Waals surface area (Å²) in [6.45, 7) is -0.640. The lowest BCUT2D eigenvalue weighted by atomic mass is 10.2. The molecule has 0 saturated heterocycles. The van der Waals surface area contributed by atoms with Gasteiger partial charge in [-0.2, -0.15) is 0 Å². The fraction of sp³-hybridized carbons (Fsp3) is 0.667. The summed E-state index contributed by atoms with van der Waals surface area (Å²) in [5, 5.41) is 8.21. The summed E-state index contributed by atoms with van der Waals surface area (Å²) in [4.78, 5) is 31.6. The van der Waals surface area contributed by atoms with Crippen LogP contribution in [0.25, 0.3) is 0 Å². The van der Waals surface area contributed by atoms with Gasteiger partial charge in [-0.15, -0.1) is 0 Å². The Morgan fingerprint density at radius 2 is 1.75 bits per heavy atom. The summed E-state index contributed by atoms with van der Waals surface area (Å²) in [5.41, 5.74) is 0. The lowest BCUT2D eigenvalue weighted by Gasteiger charge is -2.03. The standard InChI is InChI=1S/C9H13FO6/c10-3-4-15-5-6-16-8(12)2-1-7(11)9(13)14/h1-6H2,(H,13,14). The molecule has 0 unspecified atom stereocenters. The van der Waals surface area contributed by atoms with Gasteiger partial charge >= 0.3 is 11.9 Å². The summed E-state index contributed by atoms with van der Waals surface area (Å²) in [6, 6.07) is 0. The van der Waals surface area contributed by atoms with E-state index in [9.17, 15) is 18.8 Å². The molecule has 16 heavy (non-hydrogen) atoms. The number of alkyl halides is 1. The van der Waals surface area contributed by atoms with E-state index < -0.39 is 24.4 Å². The van der Waals surface area contributed by atoms with Gasteiger partial charge in [0.15, 0.2) is 0 Å². The molecule has 0 aromatic carbocycles. The summed E-state index contributed by atoms with van der Waals surface area (Å²) < 4.78 is 20.8. The van der Waals surface area contributed by atoms with Gasteiger partial charge in [0.1, 0.15) is 13.3 Å². The molecule has 0 aromatic heterocycles. The van der Waals surface area contributed by atoms with Crippen molar-refractivity contribution in [3.63, 3.8) is 0 Å². The Hall–Kier alpha value is -1.50. The molecule has 1 N–H and O–H groups in total. The molecule has 0 saturated carbocycles. The number of ketones is 1. The fourth-order valence-corrected chi connectivity index (χ4v) is 0.766. The number of aliphatic carboxylic acids is 1. The lowest BCUT2D eigenvalue weighted by molar-refractivity contribution is -0.151. The molecule has 7 heteroatoms. The molecular weight excluding hydrogens is 223 g/mol. The molecule has 0 aliphatic rings. The van der Waals surface area contributed by atoms with Crippen molar-refractivity contribution in [1.29, 1.82) is 0 Å². The maximum Gasteiger partial charge on any atom is 0.372 e. The number of esters is 1. The van der Waals surface area contributed by atoms with Crippen molar-refractivity contribution < 1.29 is 33.4 Å². The van der Waals surface area contributed by atoms with Gasteiger partial charge in [0, 0.05) is 6.42 Å². The highest BCUT2D eigenvalue weighted by Crippen LogP contribution is 1.95. The quantitative estimate of drug-likeness (QED) is 0.343. The number of hydrogen-bond donors (Lipinski definition) is 1. The summed E-state index contributed by atoms with van der Waals surface area (Å²) in [7, 11) is 0. The minimum absolute atomic E-state index is 0.0416. The molecule has 0 atom stereocenters. The van der Waals surface area contributed by atoms with Crippen LogP contribution in [0.4, 0.5) is 4.39 Å². The van der Waals surface area contributed by atoms with Gasteiger partial charge in [-0.3, -0.25) is 9.59 Å². The van der Waals surface area contributed by atoms with Crippen LogP contribution in [-0.2, 0) is 23.9 Å². The van der Waals surface area contributed by atoms with Crippen molar-refractivity contribution in [1.82, 2.24) is 0 Å². The van der Waals surface area contributed by atoms with Crippen molar-refractivity contribution in [3.05, 3.63) is 0 Å². The second-order valence-corrected chi connectivity index (χ2v) is 2.75. The van der Waals surface area contributed by atoms with E-state index >= 15 is 0 Å². The fourth-order valence-electron chi connectivity index (χ4n) is 0.766. The van der Waals surface area contributed by atoms with Crippen LogP contribution < -0.4 is 0 Å². The predicted molar refractivity (Wildman–Crippen MR) is 49.6 cm³/mol. The molecular formula is C9H13FO6. The number of carboxylic acids is 1. The highest BCUT2D eigenvalue weighted by atomic mass is 19.1. The van der Waals surface area contributed by atoms with Crippen molar-refractivity contribution in [3.8, 4) is 0 Å². The first kappa shape index (κ1) is 14.5. The van der Waals surface area contributed by atoms with Crippen LogP contribution in [0.3, 0.4) is 0 Å². The van der Waals surface area contributed by atoms with E-state index in [0.717, 1.165) is 0 Å². The van der Waals surface area contributed by atoms with Crippen LogP contribution >= 0.6 is 0 Å². The Morgan fingerprint density at radius 1 is 1.06 bits per heavy atom. The zero-order chi connectivity index (χ0) is 12.4. The average molecular weight is 236 g/mol. The van der Waals surface area contributed by atoms with Crippen LogP contribution in [-0.4, -0.2) is 49.3 Å². The molecule has 0 bridgehead atoms. The van der Waals surface area contributed by atoms with Gasteiger partial charge in [-0.25, -0.2) is 9.18 Å². The molecule has 0 aliphatic carbocycles. The summed E-state index contributed by atoms with van der Waals surface area (Å²) in [5.74, 6) is -3.29. The van der Waals surface area contributed by atoms with E-state index in [-0.39, 0.29) is 32.7 Å². The number of Topliss-reactive ketones (excluding diaryl/α,β-unsaturated/α-hetero) is 1. The number of rotatable bonds is 9. The van der Waals surface area contributed by atoms with Crippen molar-refractivity contribution in [2.75, 3.05) is 26.5 Å². The number of hydrogen-bond acceptors (Lipinski definition) is 5. The Labute approximate surface area is 91.3 Å². The minimum Gasteiger partial charge on any atom is -0.476 e. The number of carbonyl (C=O) groups is 3. The Balaban J connectivity index is 3.45. The third kappa shape index (κ3) is 7.86. The monoisotopic (exact) mass is 236 g/mol. The first-order chi connectivity index (χ1) is 7.57. The number of carboxylic acid groups (broad SMARTS) is 1. The normalized spacial score (nSPS) is 9.81. The molecule has 0 fully saturated rings. The third-order valence-corrected chi connectivity index (χ3v) is 1.51. The second kappa shape index (κ2) is 8.78. The Bertz CT molecular complexity index is 252. The maximum absolute atomic E-state index is 11.5. The molecule has 0 spiro atoms. The lowest BCUT2D eigenvalue weighted by Crippen LogP contribution is -2.16. The van der Waals surface area contributed by atoms with Crippen molar-refractivity contribution in [2.24, 2.45) is 0 Å². The SMILES string of the molecule is O=C(CCC(=O)C(=O)O)OCCOCCF. The first-order valence-corrected chi connectivity index (χ1v) is 4.63. The van der Waals surface area contributed by atoms with Crippen molar-refractivity contribution in [2.45, 2.75) is 12.8 Å². The summed E-state index contributed by atoms with van der Waals surface area (Å²) >= 11 is 0. The van der Waals surface area contributed by atoms with Crippen molar-refractivity contribution >= 4 is 17.7 Å². The van der Waals surface area contributed by atoms with Crippen LogP contribution in [0.2, 0.25) is 0 Å². The van der Waals surface area contributed by atoms with Crippen LogP contribution in [0.15, 0.2) is 0 Å². The zero-order valence-corrected chi connectivity index (χ0v) is 8.61. The van der Waals surface area contributed by atoms with E-state index in [1.54, 1.807) is 0 Å². The Morgan fingerprint density at radius 3 is 2.31 bits per heavy atom. The molecule has 0 radical (unpaired) electrons. The predicted octanol–water partition coefficient (Wildman–Crippen LogP) is -0.0504. The smallest absolute Gasteiger partial charge is 0.372 e. The molecule has 0 aromatic rings. The van der Waals surface area contributed by atoms with E-state index in [0.29, 0.717) is 0 Å². The molecule has 92 valence electrons. The van der Waals surface area contributed by atoms with Gasteiger partial charge in [-0.1, -0.05) is 0 Å². The topological polar surface area (TPSA) is 89.9 Å². The summed E-state index contributed by atoms with van der Waals surface area (Å²) in [6.07, 6.45) is -0.673. The largest absolute Gasteiger partial charge is 0.476 e. The van der Waals surface area contributed by atoms with Gasteiger partial charge in [0.25, 0.3) is 0 Å².